The number of aliphatic hydroxyl groups is 3. The molecule has 5 heteroatoms. The Morgan fingerprint density at radius 1 is 0.351 bits per heavy atom. The predicted octanol–water partition coefficient (Wildman–Crippen LogP) is 15.8. The Hall–Kier alpha value is -0.650. The van der Waals surface area contributed by atoms with Crippen LogP contribution in [-0.4, -0.2) is 46.1 Å². The summed E-state index contributed by atoms with van der Waals surface area (Å²) in [4.78, 5) is 12.5. The van der Waals surface area contributed by atoms with Gasteiger partial charge in [0, 0.05) is 0 Å². The summed E-state index contributed by atoms with van der Waals surface area (Å²) in [5, 5.41) is 33.3. The fraction of sp³-hybridized carbons (Fsp3) is 0.981. The highest BCUT2D eigenvalue weighted by Gasteiger charge is 2.23. The number of aliphatic hydroxyl groups excluding tert-OH is 3. The molecule has 3 atom stereocenters. The maximum Gasteiger partial charge on any atom is 0.249 e. The van der Waals surface area contributed by atoms with Crippen LogP contribution < -0.4 is 5.32 Å². The van der Waals surface area contributed by atoms with Crippen molar-refractivity contribution in [1.29, 1.82) is 0 Å². The van der Waals surface area contributed by atoms with Crippen LogP contribution in [0.15, 0.2) is 0 Å². The third-order valence-electron chi connectivity index (χ3n) is 12.7. The zero-order valence-electron chi connectivity index (χ0n) is 39.0. The average Bonchev–Trinajstić information content (AvgIpc) is 3.22. The van der Waals surface area contributed by atoms with E-state index < -0.39 is 24.2 Å². The van der Waals surface area contributed by atoms with Gasteiger partial charge < -0.3 is 20.6 Å². The van der Waals surface area contributed by atoms with Crippen molar-refractivity contribution in [3.05, 3.63) is 0 Å². The van der Waals surface area contributed by atoms with Crippen molar-refractivity contribution in [1.82, 2.24) is 5.32 Å². The molecular formula is C52H105NO4. The fourth-order valence-electron chi connectivity index (χ4n) is 8.61. The van der Waals surface area contributed by atoms with E-state index in [1.807, 2.05) is 0 Å². The predicted molar refractivity (Wildman–Crippen MR) is 250 cm³/mol. The Balaban J connectivity index is 3.41. The van der Waals surface area contributed by atoms with Crippen LogP contribution in [0.5, 0.6) is 0 Å². The summed E-state index contributed by atoms with van der Waals surface area (Å²) < 4.78 is 0. The molecule has 0 aromatic rings. The number of rotatable bonds is 49. The highest BCUT2D eigenvalue weighted by molar-refractivity contribution is 5.80. The van der Waals surface area contributed by atoms with Gasteiger partial charge >= 0.3 is 0 Å². The molecule has 0 saturated carbocycles. The van der Waals surface area contributed by atoms with E-state index in [1.54, 1.807) is 0 Å². The number of hydrogen-bond acceptors (Lipinski definition) is 4. The molecule has 0 spiro atoms. The molecule has 1 amide bonds. The van der Waals surface area contributed by atoms with Gasteiger partial charge in [-0.2, -0.15) is 0 Å². The SMILES string of the molecule is CCCCCCCCCCCCCCCCCCCCCCCCCCCCCCCCCCC(O)C(=O)NC(CO)C(O)CCCCCCCCCCCCC. The Kier molecular flexibility index (Phi) is 47.5. The molecule has 0 aliphatic carbocycles. The largest absolute Gasteiger partial charge is 0.394 e. The first-order chi connectivity index (χ1) is 28.1. The van der Waals surface area contributed by atoms with E-state index in [0.29, 0.717) is 12.8 Å². The van der Waals surface area contributed by atoms with Gasteiger partial charge in [-0.15, -0.1) is 0 Å². The van der Waals surface area contributed by atoms with E-state index in [1.165, 1.54) is 244 Å². The molecule has 0 radical (unpaired) electrons. The van der Waals surface area contributed by atoms with Gasteiger partial charge in [-0.1, -0.05) is 290 Å². The van der Waals surface area contributed by atoms with E-state index in [0.717, 1.165) is 32.1 Å². The van der Waals surface area contributed by atoms with Crippen molar-refractivity contribution in [3.8, 4) is 0 Å². The van der Waals surface area contributed by atoms with E-state index in [-0.39, 0.29) is 6.61 Å². The smallest absolute Gasteiger partial charge is 0.249 e. The Morgan fingerprint density at radius 3 is 0.789 bits per heavy atom. The number of unbranched alkanes of at least 4 members (excludes halogenated alkanes) is 41. The molecule has 4 N–H and O–H groups in total. The molecule has 0 aliphatic heterocycles. The minimum atomic E-state index is -1.07. The second kappa shape index (κ2) is 48.0. The molecule has 0 aromatic carbocycles. The Morgan fingerprint density at radius 2 is 0.561 bits per heavy atom. The molecule has 342 valence electrons. The first kappa shape index (κ1) is 56.4. The highest BCUT2D eigenvalue weighted by Crippen LogP contribution is 2.18. The van der Waals surface area contributed by atoms with Gasteiger partial charge in [0.05, 0.1) is 18.8 Å². The van der Waals surface area contributed by atoms with Gasteiger partial charge in [0.1, 0.15) is 6.10 Å². The highest BCUT2D eigenvalue weighted by atomic mass is 16.3. The van der Waals surface area contributed by atoms with E-state index >= 15 is 0 Å². The monoisotopic (exact) mass is 808 g/mol. The average molecular weight is 808 g/mol. The molecule has 0 rings (SSSR count). The fourth-order valence-corrected chi connectivity index (χ4v) is 8.61. The van der Waals surface area contributed by atoms with Crippen molar-refractivity contribution in [3.63, 3.8) is 0 Å². The van der Waals surface area contributed by atoms with Crippen LogP contribution in [0, 0.1) is 0 Å². The van der Waals surface area contributed by atoms with Gasteiger partial charge in [0.15, 0.2) is 0 Å². The molecule has 57 heavy (non-hydrogen) atoms. The summed E-state index contributed by atoms with van der Waals surface area (Å²) in [5.74, 6) is -0.465. The summed E-state index contributed by atoms with van der Waals surface area (Å²) in [6.07, 6.45) is 57.3. The van der Waals surface area contributed by atoms with Crippen LogP contribution in [-0.2, 0) is 4.79 Å². The Bertz CT molecular complexity index is 762. The minimum Gasteiger partial charge on any atom is -0.394 e. The number of amides is 1. The topological polar surface area (TPSA) is 89.8 Å². The molecule has 0 heterocycles. The van der Waals surface area contributed by atoms with E-state index in [9.17, 15) is 20.1 Å². The first-order valence-electron chi connectivity index (χ1n) is 26.3. The van der Waals surface area contributed by atoms with E-state index in [4.69, 9.17) is 0 Å². The zero-order valence-corrected chi connectivity index (χ0v) is 39.0. The van der Waals surface area contributed by atoms with Crippen LogP contribution in [0.4, 0.5) is 0 Å². The lowest BCUT2D eigenvalue weighted by atomic mass is 10.0. The van der Waals surface area contributed by atoms with Gasteiger partial charge in [-0.3, -0.25) is 4.79 Å². The van der Waals surface area contributed by atoms with Crippen molar-refractivity contribution < 1.29 is 20.1 Å². The summed E-state index contributed by atoms with van der Waals surface area (Å²) in [7, 11) is 0. The summed E-state index contributed by atoms with van der Waals surface area (Å²) in [5.41, 5.74) is 0. The molecule has 0 aliphatic rings. The zero-order chi connectivity index (χ0) is 41.5. The van der Waals surface area contributed by atoms with Crippen molar-refractivity contribution in [2.24, 2.45) is 0 Å². The quantitative estimate of drug-likeness (QED) is 0.0461. The van der Waals surface area contributed by atoms with Crippen LogP contribution in [0.1, 0.15) is 303 Å². The molecule has 5 nitrogen and oxygen atoms in total. The number of nitrogens with one attached hydrogen (secondary N) is 1. The molecule has 3 unspecified atom stereocenters. The molecular weight excluding hydrogens is 703 g/mol. The summed E-state index contributed by atoms with van der Waals surface area (Å²) in [6.45, 7) is 4.25. The second-order valence-corrected chi connectivity index (χ2v) is 18.5. The molecule has 0 fully saturated rings. The lowest BCUT2D eigenvalue weighted by Crippen LogP contribution is -2.49. The van der Waals surface area contributed by atoms with Gasteiger partial charge in [0.2, 0.25) is 5.91 Å². The van der Waals surface area contributed by atoms with Gasteiger partial charge in [-0.05, 0) is 12.8 Å². The normalized spacial score (nSPS) is 13.3. The molecule has 0 aromatic heterocycles. The minimum absolute atomic E-state index is 0.308. The lowest BCUT2D eigenvalue weighted by Gasteiger charge is -2.23. The molecule has 0 saturated heterocycles. The van der Waals surface area contributed by atoms with Crippen LogP contribution >= 0.6 is 0 Å². The Labute approximate surface area is 357 Å². The number of carbonyl (C=O) groups is 1. The van der Waals surface area contributed by atoms with Gasteiger partial charge in [-0.25, -0.2) is 0 Å². The lowest BCUT2D eigenvalue weighted by molar-refractivity contribution is -0.131. The maximum absolute atomic E-state index is 12.5. The summed E-state index contributed by atoms with van der Waals surface area (Å²) in [6, 6.07) is -0.705. The first-order valence-corrected chi connectivity index (χ1v) is 26.3. The number of hydrogen-bond donors (Lipinski definition) is 4. The van der Waals surface area contributed by atoms with Crippen molar-refractivity contribution >= 4 is 5.91 Å². The third kappa shape index (κ3) is 43.3. The van der Waals surface area contributed by atoms with Crippen molar-refractivity contribution in [2.75, 3.05) is 6.61 Å². The van der Waals surface area contributed by atoms with Gasteiger partial charge in [0.25, 0.3) is 0 Å². The summed E-state index contributed by atoms with van der Waals surface area (Å²) >= 11 is 0. The van der Waals surface area contributed by atoms with E-state index in [2.05, 4.69) is 19.2 Å². The standard InChI is InChI=1S/C52H105NO4/c1-3-5-7-9-11-13-15-16-17-18-19-20-21-22-23-24-25-26-27-28-29-30-31-32-33-34-35-37-39-41-43-45-47-51(56)52(57)53-49(48-54)50(55)46-44-42-40-38-36-14-12-10-8-6-4-2/h49-51,54-56H,3-48H2,1-2H3,(H,53,57). The third-order valence-corrected chi connectivity index (χ3v) is 12.7. The van der Waals surface area contributed by atoms with Crippen LogP contribution in [0.2, 0.25) is 0 Å². The van der Waals surface area contributed by atoms with Crippen LogP contribution in [0.3, 0.4) is 0 Å². The van der Waals surface area contributed by atoms with Crippen molar-refractivity contribution in [2.45, 2.75) is 321 Å². The molecule has 0 bridgehead atoms. The maximum atomic E-state index is 12.5. The van der Waals surface area contributed by atoms with Crippen LogP contribution in [0.25, 0.3) is 0 Å². The second-order valence-electron chi connectivity index (χ2n) is 18.5. The number of carbonyl (C=O) groups excluding carboxylic acids is 1.